The molecule has 1 aromatic carbocycles. The van der Waals surface area contributed by atoms with E-state index in [9.17, 15) is 4.79 Å². The summed E-state index contributed by atoms with van der Waals surface area (Å²) in [5.74, 6) is 0.414. The Hall–Kier alpha value is -2.89. The summed E-state index contributed by atoms with van der Waals surface area (Å²) in [7, 11) is 1.73. The zero-order valence-corrected chi connectivity index (χ0v) is 11.8. The molecule has 0 aliphatic heterocycles. The molecule has 3 aromatic rings. The minimum absolute atomic E-state index is 0.216. The third kappa shape index (κ3) is 2.55. The highest BCUT2D eigenvalue weighted by molar-refractivity contribution is 6.02. The molecular formula is C15H15N5O. The molecule has 0 aliphatic carbocycles. The second-order valence-electron chi connectivity index (χ2n) is 4.71. The van der Waals surface area contributed by atoms with E-state index in [0.717, 1.165) is 11.4 Å². The van der Waals surface area contributed by atoms with E-state index in [-0.39, 0.29) is 5.91 Å². The molecule has 21 heavy (non-hydrogen) atoms. The van der Waals surface area contributed by atoms with E-state index in [1.165, 1.54) is 4.68 Å². The van der Waals surface area contributed by atoms with Crippen molar-refractivity contribution in [2.24, 2.45) is 7.05 Å². The monoisotopic (exact) mass is 281 g/mol. The molecule has 0 atom stereocenters. The van der Waals surface area contributed by atoms with E-state index < -0.39 is 0 Å². The summed E-state index contributed by atoms with van der Waals surface area (Å²) in [5, 5.41) is 11.3. The molecule has 0 unspecified atom stereocenters. The third-order valence-corrected chi connectivity index (χ3v) is 3.13. The Kier molecular flexibility index (Phi) is 3.27. The number of para-hydroxylation sites is 1. The molecule has 0 aliphatic rings. The van der Waals surface area contributed by atoms with Crippen molar-refractivity contribution in [1.29, 1.82) is 0 Å². The molecule has 2 aromatic heterocycles. The van der Waals surface area contributed by atoms with E-state index >= 15 is 0 Å². The fourth-order valence-electron chi connectivity index (χ4n) is 2.13. The van der Waals surface area contributed by atoms with E-state index in [1.807, 2.05) is 43.3 Å². The van der Waals surface area contributed by atoms with Gasteiger partial charge in [0.15, 0.2) is 0 Å². The van der Waals surface area contributed by atoms with Crippen LogP contribution in [-0.2, 0) is 7.05 Å². The number of aromatic nitrogens is 4. The molecule has 0 saturated heterocycles. The maximum atomic E-state index is 12.3. The summed E-state index contributed by atoms with van der Waals surface area (Å²) >= 11 is 0. The van der Waals surface area contributed by atoms with E-state index in [0.29, 0.717) is 11.5 Å². The van der Waals surface area contributed by atoms with Gasteiger partial charge in [-0.1, -0.05) is 18.2 Å². The Bertz CT molecular complexity index is 772. The Labute approximate surface area is 122 Å². The number of aryl methyl sites for hydroxylation is 2. The smallest absolute Gasteiger partial charge is 0.275 e. The minimum atomic E-state index is -0.216. The van der Waals surface area contributed by atoms with Crippen molar-refractivity contribution in [3.8, 4) is 5.69 Å². The number of hydrogen-bond acceptors (Lipinski definition) is 3. The molecule has 6 nitrogen and oxygen atoms in total. The molecule has 3 rings (SSSR count). The predicted molar refractivity (Wildman–Crippen MR) is 79.5 cm³/mol. The van der Waals surface area contributed by atoms with Crippen molar-refractivity contribution in [3.05, 3.63) is 60.0 Å². The number of nitrogens with one attached hydrogen (secondary N) is 1. The standard InChI is InChI=1S/C15H15N5O/c1-11-10-14(17-15(21)13-8-9-16-19(13)2)20(18-11)12-6-4-3-5-7-12/h3-10H,1-2H3,(H,17,21). The van der Waals surface area contributed by atoms with E-state index in [2.05, 4.69) is 15.5 Å². The highest BCUT2D eigenvalue weighted by atomic mass is 16.2. The predicted octanol–water partition coefficient (Wildman–Crippen LogP) is 2.17. The molecule has 106 valence electrons. The summed E-state index contributed by atoms with van der Waals surface area (Å²) in [6.07, 6.45) is 1.59. The number of amides is 1. The average Bonchev–Trinajstić information content (AvgIpc) is 3.06. The summed E-state index contributed by atoms with van der Waals surface area (Å²) in [6, 6.07) is 13.2. The van der Waals surface area contributed by atoms with Crippen molar-refractivity contribution in [2.45, 2.75) is 6.92 Å². The van der Waals surface area contributed by atoms with Crippen molar-refractivity contribution >= 4 is 11.7 Å². The fourth-order valence-corrected chi connectivity index (χ4v) is 2.13. The van der Waals surface area contributed by atoms with Crippen LogP contribution in [0.15, 0.2) is 48.7 Å². The van der Waals surface area contributed by atoms with Crippen LogP contribution in [0.4, 0.5) is 5.82 Å². The van der Waals surface area contributed by atoms with Crippen molar-refractivity contribution < 1.29 is 4.79 Å². The van der Waals surface area contributed by atoms with Crippen LogP contribution in [0, 0.1) is 6.92 Å². The summed E-state index contributed by atoms with van der Waals surface area (Å²) in [4.78, 5) is 12.3. The van der Waals surface area contributed by atoms with Gasteiger partial charge in [0, 0.05) is 19.3 Å². The van der Waals surface area contributed by atoms with Crippen LogP contribution in [0.2, 0.25) is 0 Å². The Balaban J connectivity index is 1.93. The number of nitrogens with zero attached hydrogens (tertiary/aromatic N) is 4. The highest BCUT2D eigenvalue weighted by Gasteiger charge is 2.14. The Morgan fingerprint density at radius 2 is 1.95 bits per heavy atom. The van der Waals surface area contributed by atoms with Gasteiger partial charge in [0.05, 0.1) is 11.4 Å². The molecule has 0 spiro atoms. The first-order valence-electron chi connectivity index (χ1n) is 6.56. The zero-order valence-electron chi connectivity index (χ0n) is 11.8. The maximum Gasteiger partial charge on any atom is 0.275 e. The van der Waals surface area contributed by atoms with Crippen LogP contribution in [-0.4, -0.2) is 25.5 Å². The van der Waals surface area contributed by atoms with Crippen LogP contribution in [0.25, 0.3) is 5.69 Å². The van der Waals surface area contributed by atoms with Gasteiger partial charge in [-0.3, -0.25) is 9.48 Å². The summed E-state index contributed by atoms with van der Waals surface area (Å²) in [5.41, 5.74) is 2.22. The van der Waals surface area contributed by atoms with Gasteiger partial charge in [-0.15, -0.1) is 0 Å². The van der Waals surface area contributed by atoms with Crippen molar-refractivity contribution in [2.75, 3.05) is 5.32 Å². The van der Waals surface area contributed by atoms with Crippen molar-refractivity contribution in [1.82, 2.24) is 19.6 Å². The zero-order chi connectivity index (χ0) is 14.8. The number of hydrogen-bond donors (Lipinski definition) is 1. The van der Waals surface area contributed by atoms with Gasteiger partial charge in [0.2, 0.25) is 0 Å². The molecule has 1 amide bonds. The molecule has 1 N–H and O–H groups in total. The molecule has 0 bridgehead atoms. The average molecular weight is 281 g/mol. The number of carbonyl (C=O) groups is 1. The Morgan fingerprint density at radius 3 is 2.62 bits per heavy atom. The van der Waals surface area contributed by atoms with Gasteiger partial charge in [-0.05, 0) is 25.1 Å². The number of benzene rings is 1. The lowest BCUT2D eigenvalue weighted by atomic mass is 10.3. The maximum absolute atomic E-state index is 12.3. The quantitative estimate of drug-likeness (QED) is 0.800. The fraction of sp³-hybridized carbons (Fsp3) is 0.133. The highest BCUT2D eigenvalue weighted by Crippen LogP contribution is 2.17. The lowest BCUT2D eigenvalue weighted by Crippen LogP contribution is -2.18. The first-order valence-corrected chi connectivity index (χ1v) is 6.56. The topological polar surface area (TPSA) is 64.7 Å². The van der Waals surface area contributed by atoms with Gasteiger partial charge < -0.3 is 5.32 Å². The number of anilines is 1. The lowest BCUT2D eigenvalue weighted by molar-refractivity contribution is 0.101. The van der Waals surface area contributed by atoms with E-state index in [4.69, 9.17) is 0 Å². The molecular weight excluding hydrogens is 266 g/mol. The van der Waals surface area contributed by atoms with Crippen LogP contribution in [0.3, 0.4) is 0 Å². The Morgan fingerprint density at radius 1 is 1.19 bits per heavy atom. The van der Waals surface area contributed by atoms with Crippen LogP contribution in [0.5, 0.6) is 0 Å². The molecule has 2 heterocycles. The van der Waals surface area contributed by atoms with Crippen LogP contribution < -0.4 is 5.32 Å². The van der Waals surface area contributed by atoms with Gasteiger partial charge >= 0.3 is 0 Å². The summed E-state index contributed by atoms with van der Waals surface area (Å²) < 4.78 is 3.25. The molecule has 0 fully saturated rings. The SMILES string of the molecule is Cc1cc(NC(=O)c2ccnn2C)n(-c2ccccc2)n1. The second kappa shape index (κ2) is 5.24. The molecule has 0 radical (unpaired) electrons. The van der Waals surface area contributed by atoms with Gasteiger partial charge in [-0.25, -0.2) is 4.68 Å². The lowest BCUT2D eigenvalue weighted by Gasteiger charge is -2.08. The summed E-state index contributed by atoms with van der Waals surface area (Å²) in [6.45, 7) is 1.89. The minimum Gasteiger partial charge on any atom is -0.305 e. The van der Waals surface area contributed by atoms with Crippen LogP contribution in [0.1, 0.15) is 16.2 Å². The number of rotatable bonds is 3. The second-order valence-corrected chi connectivity index (χ2v) is 4.71. The van der Waals surface area contributed by atoms with Crippen LogP contribution >= 0.6 is 0 Å². The van der Waals surface area contributed by atoms with Gasteiger partial charge in [0.25, 0.3) is 5.91 Å². The first kappa shape index (κ1) is 13.1. The van der Waals surface area contributed by atoms with Gasteiger partial charge in [0.1, 0.15) is 11.5 Å². The molecule has 6 heteroatoms. The third-order valence-electron chi connectivity index (χ3n) is 3.13. The largest absolute Gasteiger partial charge is 0.305 e. The molecule has 0 saturated carbocycles. The normalized spacial score (nSPS) is 10.6. The van der Waals surface area contributed by atoms with E-state index in [1.54, 1.807) is 24.0 Å². The first-order chi connectivity index (χ1) is 10.1. The number of carbonyl (C=O) groups excluding carboxylic acids is 1. The van der Waals surface area contributed by atoms with Gasteiger partial charge in [-0.2, -0.15) is 10.2 Å². The van der Waals surface area contributed by atoms with Crippen molar-refractivity contribution in [3.63, 3.8) is 0 Å².